The Labute approximate surface area is 103 Å². The van der Waals surface area contributed by atoms with Crippen LogP contribution in [0.15, 0.2) is 0 Å². The highest BCUT2D eigenvalue weighted by Gasteiger charge is 2.06. The molecule has 0 spiro atoms. The number of nitrogens with zero attached hydrogens (tertiary/aromatic N) is 1. The number of nitrogens with one attached hydrogen (secondary N) is 1. The van der Waals surface area contributed by atoms with Crippen molar-refractivity contribution in [2.24, 2.45) is 5.73 Å². The molecule has 0 aromatic heterocycles. The first-order chi connectivity index (χ1) is 6.69. The Kier molecular flexibility index (Phi) is 13.4. The molecular formula is C9H22ClN3O3. The van der Waals surface area contributed by atoms with E-state index in [-0.39, 0.29) is 18.4 Å². The van der Waals surface area contributed by atoms with Crippen LogP contribution in [0.25, 0.3) is 0 Å². The Morgan fingerprint density at radius 1 is 1.31 bits per heavy atom. The van der Waals surface area contributed by atoms with Crippen molar-refractivity contribution in [1.29, 1.82) is 0 Å². The average Bonchev–Trinajstić information content (AvgIpc) is 2.02. The number of nitrogens with two attached hydrogens (primary N) is 1. The van der Waals surface area contributed by atoms with E-state index in [0.717, 1.165) is 11.0 Å². The number of halogens is 1. The van der Waals surface area contributed by atoms with E-state index in [1.165, 1.54) is 14.0 Å². The molecule has 0 aromatic rings. The summed E-state index contributed by atoms with van der Waals surface area (Å²) in [7, 11) is 7.65. The van der Waals surface area contributed by atoms with Crippen molar-refractivity contribution >= 4 is 12.0 Å². The Morgan fingerprint density at radius 3 is 1.88 bits per heavy atom. The molecule has 98 valence electrons. The van der Waals surface area contributed by atoms with Gasteiger partial charge in [0.25, 0.3) is 0 Å². The maximum absolute atomic E-state index is 10.3. The normalized spacial score (nSPS) is 9.06. The first-order valence-electron chi connectivity index (χ1n) is 4.60. The zero-order valence-corrected chi connectivity index (χ0v) is 11.3. The average molecular weight is 256 g/mol. The highest BCUT2D eigenvalue weighted by Crippen LogP contribution is 1.88. The van der Waals surface area contributed by atoms with Crippen LogP contribution in [-0.4, -0.2) is 57.8 Å². The summed E-state index contributed by atoms with van der Waals surface area (Å²) in [5, 5.41) is 2.17. The first-order valence-corrected chi connectivity index (χ1v) is 4.60. The topological polar surface area (TPSA) is 81.4 Å². The highest BCUT2D eigenvalue weighted by molar-refractivity contribution is 5.71. The van der Waals surface area contributed by atoms with Gasteiger partial charge in [-0.25, -0.2) is 4.79 Å². The van der Waals surface area contributed by atoms with Gasteiger partial charge < -0.3 is 32.7 Å². The minimum absolute atomic E-state index is 0. The molecule has 0 heterocycles. The fourth-order valence-corrected chi connectivity index (χ4v) is 0.463. The lowest BCUT2D eigenvalue weighted by atomic mass is 10.5. The number of hydrogen-bond acceptors (Lipinski definition) is 3. The van der Waals surface area contributed by atoms with Crippen LogP contribution in [0, 0.1) is 0 Å². The molecule has 0 bridgehead atoms. The number of esters is 1. The fraction of sp³-hybridized carbons (Fsp3) is 0.778. The minimum Gasteiger partial charge on any atom is -1.00 e. The van der Waals surface area contributed by atoms with Crippen LogP contribution < -0.4 is 23.5 Å². The van der Waals surface area contributed by atoms with Gasteiger partial charge in [0, 0.05) is 14.0 Å². The van der Waals surface area contributed by atoms with Gasteiger partial charge in [-0.15, -0.1) is 0 Å². The summed E-state index contributed by atoms with van der Waals surface area (Å²) in [5.74, 6) is -0.201. The molecule has 0 fully saturated rings. The molecule has 0 aliphatic heterocycles. The van der Waals surface area contributed by atoms with E-state index >= 15 is 0 Å². The zero-order chi connectivity index (χ0) is 12.5. The summed E-state index contributed by atoms with van der Waals surface area (Å²) in [6, 6.07) is -0.495. The number of likely N-dealkylation sites (N-methyl/N-ethyl adjacent to an activating group) is 1. The quantitative estimate of drug-likeness (QED) is 0.406. The predicted molar refractivity (Wildman–Crippen MR) is 58.2 cm³/mol. The Hall–Kier alpha value is -1.01. The molecule has 3 N–H and O–H groups in total. The van der Waals surface area contributed by atoms with Gasteiger partial charge in [-0.1, -0.05) is 0 Å². The number of carbonyl (C=O) groups excluding carboxylic acids is 2. The maximum Gasteiger partial charge on any atom is 0.311 e. The lowest BCUT2D eigenvalue weighted by Gasteiger charge is -2.23. The molecule has 0 aromatic carbocycles. The molecule has 0 unspecified atom stereocenters. The first kappa shape index (κ1) is 20.4. The molecule has 0 radical (unpaired) electrons. The third kappa shape index (κ3) is 29.3. The smallest absolute Gasteiger partial charge is 0.311 e. The maximum atomic E-state index is 10.3. The van der Waals surface area contributed by atoms with Crippen molar-refractivity contribution in [2.45, 2.75) is 6.92 Å². The number of urea groups is 1. The molecule has 0 saturated heterocycles. The molecule has 16 heavy (non-hydrogen) atoms. The SMILES string of the molecule is CC(=O)OCC[N+](C)(C)C.CNC(N)=O.[Cl-]. The molecular weight excluding hydrogens is 234 g/mol. The summed E-state index contributed by atoms with van der Waals surface area (Å²) in [6.07, 6.45) is 0. The number of rotatable bonds is 3. The highest BCUT2D eigenvalue weighted by atomic mass is 35.5. The van der Waals surface area contributed by atoms with E-state index in [2.05, 4.69) is 32.2 Å². The van der Waals surface area contributed by atoms with Gasteiger partial charge in [0.2, 0.25) is 0 Å². The molecule has 0 aliphatic carbocycles. The van der Waals surface area contributed by atoms with Crippen molar-refractivity contribution < 1.29 is 31.2 Å². The van der Waals surface area contributed by atoms with Gasteiger partial charge in [0.1, 0.15) is 13.2 Å². The predicted octanol–water partition coefficient (Wildman–Crippen LogP) is -3.46. The molecule has 2 amide bonds. The summed E-state index contributed by atoms with van der Waals surface area (Å²) in [6.45, 7) is 2.80. The van der Waals surface area contributed by atoms with Crippen molar-refractivity contribution in [1.82, 2.24) is 5.32 Å². The molecule has 6 nitrogen and oxygen atoms in total. The number of carbonyl (C=O) groups is 2. The van der Waals surface area contributed by atoms with Gasteiger partial charge in [-0.3, -0.25) is 4.79 Å². The van der Waals surface area contributed by atoms with Crippen LogP contribution in [0.2, 0.25) is 0 Å². The van der Waals surface area contributed by atoms with E-state index in [1.54, 1.807) is 0 Å². The summed E-state index contributed by atoms with van der Waals surface area (Å²) < 4.78 is 5.59. The Balaban J connectivity index is -0.000000242. The largest absolute Gasteiger partial charge is 1.00 e. The van der Waals surface area contributed by atoms with Crippen LogP contribution in [0.5, 0.6) is 0 Å². The van der Waals surface area contributed by atoms with E-state index in [4.69, 9.17) is 4.74 Å². The number of primary amides is 1. The third-order valence-corrected chi connectivity index (χ3v) is 1.31. The fourth-order valence-electron chi connectivity index (χ4n) is 0.463. The van der Waals surface area contributed by atoms with Gasteiger partial charge in [0.05, 0.1) is 21.1 Å². The second kappa shape index (κ2) is 10.5. The molecule has 0 rings (SSSR count). The number of quaternary nitrogens is 1. The lowest BCUT2D eigenvalue weighted by Crippen LogP contribution is -3.00. The van der Waals surface area contributed by atoms with E-state index < -0.39 is 6.03 Å². The van der Waals surface area contributed by atoms with Crippen LogP contribution in [0.3, 0.4) is 0 Å². The molecule has 0 aliphatic rings. The number of ether oxygens (including phenoxy) is 1. The van der Waals surface area contributed by atoms with E-state index in [0.29, 0.717) is 6.61 Å². The van der Waals surface area contributed by atoms with Crippen LogP contribution in [0.1, 0.15) is 6.92 Å². The van der Waals surface area contributed by atoms with Gasteiger partial charge in [0.15, 0.2) is 0 Å². The summed E-state index contributed by atoms with van der Waals surface area (Å²) in [4.78, 5) is 19.8. The Morgan fingerprint density at radius 2 is 1.69 bits per heavy atom. The van der Waals surface area contributed by atoms with E-state index in [9.17, 15) is 9.59 Å². The minimum atomic E-state index is -0.495. The van der Waals surface area contributed by atoms with Crippen LogP contribution in [-0.2, 0) is 9.53 Å². The Bertz CT molecular complexity index is 205. The van der Waals surface area contributed by atoms with Crippen LogP contribution in [0.4, 0.5) is 4.79 Å². The third-order valence-electron chi connectivity index (χ3n) is 1.31. The number of hydrogen-bond donors (Lipinski definition) is 2. The van der Waals surface area contributed by atoms with Crippen LogP contribution >= 0.6 is 0 Å². The molecule has 0 atom stereocenters. The van der Waals surface area contributed by atoms with Gasteiger partial charge >= 0.3 is 12.0 Å². The van der Waals surface area contributed by atoms with Crippen molar-refractivity contribution in [3.63, 3.8) is 0 Å². The molecule has 0 saturated carbocycles. The monoisotopic (exact) mass is 255 g/mol. The van der Waals surface area contributed by atoms with E-state index in [1.807, 2.05) is 0 Å². The van der Waals surface area contributed by atoms with Gasteiger partial charge in [-0.05, 0) is 0 Å². The standard InChI is InChI=1S/C7H16NO2.C2H6N2O.ClH/c1-7(9)10-6-5-8(2,3)4;1-4-2(3)5;/h5-6H2,1-4H3;1H3,(H3,3,4,5);1H/q+1;;/p-1. The number of amides is 2. The summed E-state index contributed by atoms with van der Waals surface area (Å²) in [5.41, 5.74) is 4.54. The van der Waals surface area contributed by atoms with Crippen molar-refractivity contribution in [2.75, 3.05) is 41.3 Å². The van der Waals surface area contributed by atoms with Gasteiger partial charge in [-0.2, -0.15) is 0 Å². The van der Waals surface area contributed by atoms with Crippen molar-refractivity contribution in [3.05, 3.63) is 0 Å². The second-order valence-electron chi connectivity index (χ2n) is 3.97. The second-order valence-corrected chi connectivity index (χ2v) is 3.97. The molecule has 7 heteroatoms. The summed E-state index contributed by atoms with van der Waals surface area (Å²) >= 11 is 0. The van der Waals surface area contributed by atoms with Crippen molar-refractivity contribution in [3.8, 4) is 0 Å². The zero-order valence-electron chi connectivity index (χ0n) is 10.5. The lowest BCUT2D eigenvalue weighted by molar-refractivity contribution is -0.870.